The van der Waals surface area contributed by atoms with E-state index in [0.717, 1.165) is 18.4 Å². The zero-order valence-corrected chi connectivity index (χ0v) is 25.2. The van der Waals surface area contributed by atoms with Crippen molar-refractivity contribution in [1.82, 2.24) is 14.6 Å². The van der Waals surface area contributed by atoms with Gasteiger partial charge in [0.2, 0.25) is 11.5 Å². The molecule has 1 aromatic heterocycles. The molecular weight excluding hydrogens is 652 g/mol. The number of amides is 3. The summed E-state index contributed by atoms with van der Waals surface area (Å²) in [7, 11) is 0.950. The van der Waals surface area contributed by atoms with Crippen LogP contribution in [0.3, 0.4) is 0 Å². The van der Waals surface area contributed by atoms with Crippen LogP contribution in [-0.4, -0.2) is 89.0 Å². The van der Waals surface area contributed by atoms with Gasteiger partial charge < -0.3 is 29.5 Å². The van der Waals surface area contributed by atoms with Crippen molar-refractivity contribution in [2.75, 3.05) is 18.3 Å². The number of aromatic nitrogens is 1. The smallest absolute Gasteiger partial charge is 0.353 e. The van der Waals surface area contributed by atoms with Crippen LogP contribution < -0.4 is 10.6 Å². The largest absolute Gasteiger partial charge is 0.755 e. The Morgan fingerprint density at radius 1 is 1.25 bits per heavy atom. The van der Waals surface area contributed by atoms with E-state index in [1.807, 2.05) is 0 Å². The Labute approximate surface area is 259 Å². The number of oxime groups is 1. The predicted molar refractivity (Wildman–Crippen MR) is 150 cm³/mol. The van der Waals surface area contributed by atoms with E-state index in [0.29, 0.717) is 5.56 Å². The number of rotatable bonds is 13. The second-order valence-electron chi connectivity index (χ2n) is 9.06. The van der Waals surface area contributed by atoms with Gasteiger partial charge in [-0.25, -0.2) is 14.6 Å². The number of non-ortho nitro benzene ring substituents is 1. The van der Waals surface area contributed by atoms with Crippen LogP contribution in [0.1, 0.15) is 25.1 Å². The van der Waals surface area contributed by atoms with Crippen molar-refractivity contribution in [2.24, 2.45) is 5.16 Å². The quantitative estimate of drug-likeness (QED) is 0.0546. The zero-order chi connectivity index (χ0) is 32.8. The minimum Gasteiger partial charge on any atom is -0.755 e. The minimum absolute atomic E-state index is 0.00648. The number of anilines is 1. The Morgan fingerprint density at radius 2 is 1.91 bits per heavy atom. The Hall–Kier alpha value is -4.53. The Bertz CT molecular complexity index is 1530. The molecule has 0 radical (unpaired) electrons. The highest BCUT2D eigenvalue weighted by atomic mass is 35.5. The highest BCUT2D eigenvalue weighted by molar-refractivity contribution is 7.77. The highest BCUT2D eigenvalue weighted by Gasteiger charge is 2.54. The lowest BCUT2D eigenvalue weighted by Gasteiger charge is -2.45. The van der Waals surface area contributed by atoms with E-state index in [1.54, 1.807) is 0 Å². The third-order valence-electron chi connectivity index (χ3n) is 5.64. The summed E-state index contributed by atoms with van der Waals surface area (Å²) in [5, 5.41) is 20.4. The molecule has 3 unspecified atom stereocenters. The number of hydrogen-bond donors (Lipinski definition) is 2. The van der Waals surface area contributed by atoms with Crippen LogP contribution in [0.4, 0.5) is 10.8 Å². The molecule has 1 fully saturated rings. The molecule has 0 bridgehead atoms. The maximum absolute atomic E-state index is 13.3. The molecule has 2 heterocycles. The van der Waals surface area contributed by atoms with Gasteiger partial charge in [0.05, 0.1) is 23.3 Å². The van der Waals surface area contributed by atoms with Crippen LogP contribution in [0.25, 0.3) is 0 Å². The van der Waals surface area contributed by atoms with Crippen molar-refractivity contribution in [3.63, 3.8) is 0 Å². The van der Waals surface area contributed by atoms with Crippen molar-refractivity contribution in [3.05, 3.63) is 51.0 Å². The summed E-state index contributed by atoms with van der Waals surface area (Å²) < 4.78 is 32.7. The van der Waals surface area contributed by atoms with E-state index in [2.05, 4.69) is 25.5 Å². The summed E-state index contributed by atoms with van der Waals surface area (Å²) in [4.78, 5) is 81.8. The van der Waals surface area contributed by atoms with Gasteiger partial charge in [0.1, 0.15) is 24.2 Å². The standard InChI is InChI=1S/C23H23ClN6O12S2/c1-23(2,21(35)41-9-11-4-6-12(7-5-11)30(36)37)42-28-15(13-10-43-22(25-13)26-14(31)8-24)18(32)27-16-17(20(34)40-3)29(19(16)33)44(38)39/h4-7,10,16-17H,8-9H2,1-3H3,(H,27,32)(H,38,39)(H,25,26,31)/p-1. The molecule has 3 rings (SSSR count). The van der Waals surface area contributed by atoms with E-state index in [-0.39, 0.29) is 27.4 Å². The summed E-state index contributed by atoms with van der Waals surface area (Å²) >= 11 is 3.19. The second kappa shape index (κ2) is 14.3. The number of nitro benzene ring substituents is 1. The number of alkyl halides is 1. The van der Waals surface area contributed by atoms with Gasteiger partial charge in [-0.3, -0.25) is 33.0 Å². The van der Waals surface area contributed by atoms with Gasteiger partial charge in [-0.1, -0.05) is 5.16 Å². The molecule has 1 aliphatic rings. The number of β-lactam (4-membered cyclic amide) rings is 1. The molecule has 0 spiro atoms. The normalized spacial score (nSPS) is 17.2. The molecule has 2 aromatic rings. The number of thiazole rings is 1. The predicted octanol–water partition coefficient (Wildman–Crippen LogP) is 0.134. The van der Waals surface area contributed by atoms with Crippen molar-refractivity contribution in [2.45, 2.75) is 38.1 Å². The SMILES string of the molecule is COC(=O)C1C(NC(=O)C(=NOC(C)(C)C(=O)OCc2ccc([N+](=O)[O-])cc2)c2csc(NC(=O)CCl)n2)C(=O)N1S(=O)[O-]. The summed E-state index contributed by atoms with van der Waals surface area (Å²) in [6.45, 7) is 2.22. The molecule has 18 nitrogen and oxygen atoms in total. The van der Waals surface area contributed by atoms with E-state index in [9.17, 15) is 42.8 Å². The monoisotopic (exact) mass is 673 g/mol. The number of halogens is 1. The number of esters is 2. The van der Waals surface area contributed by atoms with Crippen LogP contribution in [0.5, 0.6) is 0 Å². The molecule has 44 heavy (non-hydrogen) atoms. The second-order valence-corrected chi connectivity index (χ2v) is 11.0. The van der Waals surface area contributed by atoms with Gasteiger partial charge in [0.25, 0.3) is 17.5 Å². The molecule has 1 aliphatic heterocycles. The molecule has 1 aromatic carbocycles. The van der Waals surface area contributed by atoms with Gasteiger partial charge in [0, 0.05) is 17.5 Å². The highest BCUT2D eigenvalue weighted by Crippen LogP contribution is 2.24. The molecule has 21 heteroatoms. The fraction of sp³-hybridized carbons (Fsp3) is 0.348. The topological polar surface area (TPSA) is 249 Å². The first-order chi connectivity index (χ1) is 20.7. The van der Waals surface area contributed by atoms with Crippen LogP contribution in [0, 0.1) is 10.1 Å². The van der Waals surface area contributed by atoms with E-state index < -0.39 is 75.1 Å². The molecule has 0 aliphatic carbocycles. The van der Waals surface area contributed by atoms with Gasteiger partial charge >= 0.3 is 11.9 Å². The molecule has 3 atom stereocenters. The summed E-state index contributed by atoms with van der Waals surface area (Å²) in [6, 6.07) is 1.83. The van der Waals surface area contributed by atoms with Crippen molar-refractivity contribution in [3.8, 4) is 0 Å². The average Bonchev–Trinajstić information content (AvgIpc) is 3.44. The van der Waals surface area contributed by atoms with Gasteiger partial charge in [0.15, 0.2) is 16.9 Å². The number of nitrogens with one attached hydrogen (secondary N) is 2. The number of nitrogens with zero attached hydrogens (tertiary/aromatic N) is 4. The fourth-order valence-corrected chi connectivity index (χ4v) is 4.79. The Balaban J connectivity index is 1.83. The van der Waals surface area contributed by atoms with Crippen molar-refractivity contribution >= 4 is 80.4 Å². The van der Waals surface area contributed by atoms with Crippen LogP contribution in [-0.2, 0) is 56.2 Å². The molecule has 1 saturated heterocycles. The lowest BCUT2D eigenvalue weighted by Crippen LogP contribution is -2.74. The van der Waals surface area contributed by atoms with Crippen LogP contribution >= 0.6 is 22.9 Å². The van der Waals surface area contributed by atoms with Crippen LogP contribution in [0.2, 0.25) is 0 Å². The summed E-state index contributed by atoms with van der Waals surface area (Å²) in [6.07, 6.45) is 0. The molecule has 236 valence electrons. The number of carbonyl (C=O) groups excluding carboxylic acids is 5. The first-order valence-electron chi connectivity index (χ1n) is 12.0. The van der Waals surface area contributed by atoms with Gasteiger partial charge in [-0.05, 0) is 31.5 Å². The molecule has 2 N–H and O–H groups in total. The third kappa shape index (κ3) is 7.89. The van der Waals surface area contributed by atoms with E-state index in [1.165, 1.54) is 43.5 Å². The van der Waals surface area contributed by atoms with Crippen molar-refractivity contribution in [1.29, 1.82) is 0 Å². The Kier molecular flexibility index (Phi) is 11.0. The van der Waals surface area contributed by atoms with E-state index >= 15 is 0 Å². The first kappa shape index (κ1) is 34.0. The van der Waals surface area contributed by atoms with E-state index in [4.69, 9.17) is 21.2 Å². The molecule has 3 amide bonds. The number of carbonyl (C=O) groups is 5. The maximum atomic E-state index is 13.3. The number of ether oxygens (including phenoxy) is 2. The van der Waals surface area contributed by atoms with Gasteiger partial charge in [-0.2, -0.15) is 0 Å². The number of benzene rings is 1. The summed E-state index contributed by atoms with van der Waals surface area (Å²) in [5.74, 6) is -5.43. The van der Waals surface area contributed by atoms with Crippen molar-refractivity contribution < 1.29 is 52.0 Å². The molecule has 0 saturated carbocycles. The number of methoxy groups -OCH3 is 1. The molecular formula is C23H22ClN6O12S2-. The fourth-order valence-electron chi connectivity index (χ4n) is 3.36. The number of nitro groups is 1. The number of hydrogen-bond acceptors (Lipinski definition) is 15. The maximum Gasteiger partial charge on any atom is 0.353 e. The van der Waals surface area contributed by atoms with Gasteiger partial charge in [-0.15, -0.1) is 22.9 Å². The third-order valence-corrected chi connectivity index (χ3v) is 7.37. The van der Waals surface area contributed by atoms with Crippen LogP contribution in [0.15, 0.2) is 34.8 Å². The summed E-state index contributed by atoms with van der Waals surface area (Å²) in [5.41, 5.74) is -2.42. The first-order valence-corrected chi connectivity index (χ1v) is 14.4. The average molecular weight is 674 g/mol. The lowest BCUT2D eigenvalue weighted by molar-refractivity contribution is -0.384. The zero-order valence-electron chi connectivity index (χ0n) is 22.8. The lowest BCUT2D eigenvalue weighted by atomic mass is 9.98. The Morgan fingerprint density at radius 3 is 2.48 bits per heavy atom. The minimum atomic E-state index is -3.15.